The Morgan fingerprint density at radius 2 is 1.89 bits per heavy atom. The lowest BCUT2D eigenvalue weighted by Crippen LogP contribution is -2.34. The van der Waals surface area contributed by atoms with Gasteiger partial charge in [-0.05, 0) is 18.4 Å². The van der Waals surface area contributed by atoms with Gasteiger partial charge in [0.15, 0.2) is 6.29 Å². The van der Waals surface area contributed by atoms with Gasteiger partial charge in [0.2, 0.25) is 0 Å². The van der Waals surface area contributed by atoms with Crippen LogP contribution in [0.3, 0.4) is 0 Å². The van der Waals surface area contributed by atoms with Gasteiger partial charge >= 0.3 is 0 Å². The number of hydrogen-bond acceptors (Lipinski definition) is 6. The van der Waals surface area contributed by atoms with Crippen LogP contribution in [0, 0.1) is 0 Å². The van der Waals surface area contributed by atoms with E-state index < -0.39 is 24.6 Å². The molecule has 0 aromatic heterocycles. The number of unbranched alkanes of at least 4 members (excludes halogenated alkanes) is 3. The minimum Gasteiger partial charge on any atom is -0.394 e. The summed E-state index contributed by atoms with van der Waals surface area (Å²) in [5.41, 5.74) is 8.08. The Bertz CT molecular complexity index is 298. The van der Waals surface area contributed by atoms with Crippen LogP contribution in [-0.4, -0.2) is 59.7 Å². The van der Waals surface area contributed by atoms with E-state index in [1.807, 2.05) is 0 Å². The summed E-state index contributed by atoms with van der Waals surface area (Å²) in [6.45, 7) is 0.567. The van der Waals surface area contributed by atoms with Crippen molar-refractivity contribution in [2.24, 2.45) is 5.11 Å². The quantitative estimate of drug-likeness (QED) is 0.241. The highest BCUT2D eigenvalue weighted by Crippen LogP contribution is 2.22. The third-order valence-corrected chi connectivity index (χ3v) is 3.00. The summed E-state index contributed by atoms with van der Waals surface area (Å²) >= 11 is 0. The Balaban J connectivity index is 2.05. The van der Waals surface area contributed by atoms with Gasteiger partial charge in [0, 0.05) is 18.1 Å². The second kappa shape index (κ2) is 9.08. The molecule has 3 N–H and O–H groups in total. The van der Waals surface area contributed by atoms with Crippen LogP contribution in [0.5, 0.6) is 0 Å². The van der Waals surface area contributed by atoms with Crippen molar-refractivity contribution in [3.63, 3.8) is 0 Å². The van der Waals surface area contributed by atoms with Crippen LogP contribution < -0.4 is 0 Å². The highest BCUT2D eigenvalue weighted by molar-refractivity contribution is 4.86. The molecule has 0 bridgehead atoms. The first-order chi connectivity index (χ1) is 9.20. The van der Waals surface area contributed by atoms with Crippen molar-refractivity contribution in [2.75, 3.05) is 19.8 Å². The van der Waals surface area contributed by atoms with Crippen LogP contribution >= 0.6 is 0 Å². The molecule has 1 heterocycles. The zero-order chi connectivity index (χ0) is 14.1. The third-order valence-electron chi connectivity index (χ3n) is 3.00. The summed E-state index contributed by atoms with van der Waals surface area (Å²) in [7, 11) is 0. The Labute approximate surface area is 111 Å². The molecule has 0 amide bonds. The maximum Gasteiger partial charge on any atom is 0.186 e. The van der Waals surface area contributed by atoms with E-state index in [2.05, 4.69) is 10.0 Å². The molecule has 110 valence electrons. The molecule has 1 aliphatic heterocycles. The molecule has 0 aliphatic carbocycles. The van der Waals surface area contributed by atoms with E-state index in [1.54, 1.807) is 0 Å². The molecule has 0 spiro atoms. The van der Waals surface area contributed by atoms with Crippen LogP contribution in [0.25, 0.3) is 10.4 Å². The van der Waals surface area contributed by atoms with Crippen LogP contribution in [0.1, 0.15) is 25.7 Å². The lowest BCUT2D eigenvalue weighted by atomic mass is 10.1. The predicted octanol–water partition coefficient (Wildman–Crippen LogP) is 0.313. The highest BCUT2D eigenvalue weighted by atomic mass is 16.7. The van der Waals surface area contributed by atoms with Gasteiger partial charge < -0.3 is 24.8 Å². The summed E-state index contributed by atoms with van der Waals surface area (Å²) in [4.78, 5) is 2.66. The lowest BCUT2D eigenvalue weighted by Gasteiger charge is -2.15. The summed E-state index contributed by atoms with van der Waals surface area (Å²) in [6, 6.07) is 0. The number of ether oxygens (including phenoxy) is 2. The summed E-state index contributed by atoms with van der Waals surface area (Å²) < 4.78 is 10.5. The van der Waals surface area contributed by atoms with E-state index in [-0.39, 0.29) is 6.61 Å². The zero-order valence-electron chi connectivity index (χ0n) is 10.8. The Kier molecular flexibility index (Phi) is 7.73. The highest BCUT2D eigenvalue weighted by Gasteiger charge is 2.42. The van der Waals surface area contributed by atoms with Crippen LogP contribution in [0.15, 0.2) is 5.11 Å². The molecule has 1 aliphatic rings. The molecule has 8 nitrogen and oxygen atoms in total. The molecule has 2 unspecified atom stereocenters. The van der Waals surface area contributed by atoms with Crippen molar-refractivity contribution in [3.05, 3.63) is 10.4 Å². The minimum atomic E-state index is -1.12. The summed E-state index contributed by atoms with van der Waals surface area (Å²) in [5.74, 6) is 0. The monoisotopic (exact) mass is 275 g/mol. The van der Waals surface area contributed by atoms with Gasteiger partial charge in [-0.15, -0.1) is 0 Å². The van der Waals surface area contributed by atoms with Crippen molar-refractivity contribution in [1.82, 2.24) is 0 Å². The molecule has 0 saturated carbocycles. The van der Waals surface area contributed by atoms with Crippen molar-refractivity contribution in [2.45, 2.75) is 50.3 Å². The van der Waals surface area contributed by atoms with Crippen LogP contribution in [0.2, 0.25) is 0 Å². The first-order valence-electron chi connectivity index (χ1n) is 6.45. The molecule has 8 heteroatoms. The van der Waals surface area contributed by atoms with Crippen molar-refractivity contribution in [3.8, 4) is 0 Å². The Morgan fingerprint density at radius 1 is 1.16 bits per heavy atom. The average molecular weight is 275 g/mol. The third kappa shape index (κ3) is 5.32. The van der Waals surface area contributed by atoms with Crippen molar-refractivity contribution >= 4 is 0 Å². The first-order valence-corrected chi connectivity index (χ1v) is 6.45. The molecular weight excluding hydrogens is 254 g/mol. The largest absolute Gasteiger partial charge is 0.394 e. The van der Waals surface area contributed by atoms with Gasteiger partial charge in [0.25, 0.3) is 0 Å². The molecule has 0 aromatic rings. The van der Waals surface area contributed by atoms with E-state index in [9.17, 15) is 10.2 Å². The summed E-state index contributed by atoms with van der Waals surface area (Å²) in [6.07, 6.45) is -0.394. The van der Waals surface area contributed by atoms with E-state index in [0.29, 0.717) is 13.2 Å². The van der Waals surface area contributed by atoms with Gasteiger partial charge in [0.1, 0.15) is 18.3 Å². The second-order valence-electron chi connectivity index (χ2n) is 4.45. The topological polar surface area (TPSA) is 128 Å². The molecule has 1 rings (SSSR count). The number of aliphatic hydroxyl groups excluding tert-OH is 3. The van der Waals surface area contributed by atoms with Crippen LogP contribution in [-0.2, 0) is 9.47 Å². The maximum absolute atomic E-state index is 9.60. The summed E-state index contributed by atoms with van der Waals surface area (Å²) in [5, 5.41) is 31.4. The van der Waals surface area contributed by atoms with E-state index >= 15 is 0 Å². The normalized spacial score (nSPS) is 30.3. The van der Waals surface area contributed by atoms with E-state index in [0.717, 1.165) is 25.7 Å². The van der Waals surface area contributed by atoms with Crippen LogP contribution in [0.4, 0.5) is 0 Å². The Hall–Kier alpha value is -0.890. The van der Waals surface area contributed by atoms with Gasteiger partial charge in [-0.2, -0.15) is 0 Å². The molecule has 1 fully saturated rings. The van der Waals surface area contributed by atoms with Gasteiger partial charge in [0.05, 0.1) is 6.61 Å². The average Bonchev–Trinajstić information content (AvgIpc) is 2.69. The van der Waals surface area contributed by atoms with Gasteiger partial charge in [-0.25, -0.2) is 0 Å². The smallest absolute Gasteiger partial charge is 0.186 e. The SMILES string of the molecule is [N-]=[N+]=NCCCCCCO[C@@H]1O[C@H](CO)C(O)C1O. The molecule has 0 aromatic carbocycles. The lowest BCUT2D eigenvalue weighted by molar-refractivity contribution is -0.169. The number of azide groups is 1. The fraction of sp³-hybridized carbons (Fsp3) is 1.00. The molecule has 4 atom stereocenters. The molecule has 0 radical (unpaired) electrons. The molecular formula is C11H21N3O5. The fourth-order valence-electron chi connectivity index (χ4n) is 1.89. The fourth-order valence-corrected chi connectivity index (χ4v) is 1.89. The van der Waals surface area contributed by atoms with Gasteiger partial charge in [-0.1, -0.05) is 18.0 Å². The van der Waals surface area contributed by atoms with E-state index in [4.69, 9.17) is 20.1 Å². The van der Waals surface area contributed by atoms with E-state index in [1.165, 1.54) is 0 Å². The number of aliphatic hydroxyl groups is 3. The predicted molar refractivity (Wildman–Crippen MR) is 66.2 cm³/mol. The molecule has 1 saturated heterocycles. The van der Waals surface area contributed by atoms with Crippen molar-refractivity contribution < 1.29 is 24.8 Å². The minimum absolute atomic E-state index is 0.350. The number of hydrogen-bond donors (Lipinski definition) is 3. The second-order valence-corrected chi connectivity index (χ2v) is 4.45. The van der Waals surface area contributed by atoms with Crippen molar-refractivity contribution in [1.29, 1.82) is 0 Å². The first kappa shape index (κ1) is 16.2. The standard InChI is InChI=1S/C11H21N3O5/c12-14-13-5-3-1-2-4-6-18-11-10(17)9(16)8(7-15)19-11/h8-11,15-17H,1-7H2/t8-,9?,10?,11-/m1/s1. The zero-order valence-corrected chi connectivity index (χ0v) is 10.8. The molecule has 19 heavy (non-hydrogen) atoms. The number of rotatable bonds is 9. The number of nitrogens with zero attached hydrogens (tertiary/aromatic N) is 3. The Morgan fingerprint density at radius 3 is 2.53 bits per heavy atom. The van der Waals surface area contributed by atoms with Gasteiger partial charge in [-0.3, -0.25) is 0 Å². The maximum atomic E-state index is 9.60.